The molecule has 0 N–H and O–H groups in total. The molecule has 2 atom stereocenters. The van der Waals surface area contributed by atoms with E-state index in [1.807, 2.05) is 12.2 Å². The maximum Gasteiger partial charge on any atom is 0.180 e. The van der Waals surface area contributed by atoms with Crippen LogP contribution < -0.4 is 0 Å². The second-order valence-electron chi connectivity index (χ2n) is 7.08. The van der Waals surface area contributed by atoms with E-state index in [0.717, 1.165) is 76.8 Å². The summed E-state index contributed by atoms with van der Waals surface area (Å²) in [7, 11) is 0. The Kier molecular flexibility index (Phi) is 22.0. The monoisotopic (exact) mass is 410 g/mol. The summed E-state index contributed by atoms with van der Waals surface area (Å²) in [5.41, 5.74) is 0. The number of hydrogen-bond acceptors (Lipinski definition) is 5. The summed E-state index contributed by atoms with van der Waals surface area (Å²) in [5.74, 6) is 0. The summed E-state index contributed by atoms with van der Waals surface area (Å²) in [6, 6.07) is 0. The van der Waals surface area contributed by atoms with Gasteiger partial charge in [-0.1, -0.05) is 38.8 Å². The number of carbonyl (C=O) groups is 2. The Balaban J connectivity index is 4.47. The summed E-state index contributed by atoms with van der Waals surface area (Å²) >= 11 is 0. The molecule has 0 aliphatic rings. The molecule has 0 bridgehead atoms. The number of ether oxygens (including phenoxy) is 3. The molecule has 0 spiro atoms. The highest BCUT2D eigenvalue weighted by atomic mass is 16.8. The molecule has 0 amide bonds. The highest BCUT2D eigenvalue weighted by molar-refractivity contribution is 5.49. The minimum absolute atomic E-state index is 0.427. The summed E-state index contributed by atoms with van der Waals surface area (Å²) in [6.07, 6.45) is 20.4. The first-order valence-corrected chi connectivity index (χ1v) is 11.4. The lowest BCUT2D eigenvalue weighted by Crippen LogP contribution is -2.25. The zero-order chi connectivity index (χ0) is 21.4. The van der Waals surface area contributed by atoms with Crippen LogP contribution in [0.4, 0.5) is 0 Å². The molecule has 0 aromatic carbocycles. The largest absolute Gasteiger partial charge is 0.349 e. The van der Waals surface area contributed by atoms with Crippen molar-refractivity contribution in [1.82, 2.24) is 0 Å². The second-order valence-corrected chi connectivity index (χ2v) is 7.08. The minimum Gasteiger partial charge on any atom is -0.349 e. The highest BCUT2D eigenvalue weighted by Crippen LogP contribution is 2.11. The van der Waals surface area contributed by atoms with Crippen molar-refractivity contribution in [2.75, 3.05) is 13.2 Å². The van der Waals surface area contributed by atoms with E-state index in [9.17, 15) is 9.59 Å². The summed E-state index contributed by atoms with van der Waals surface area (Å²) in [4.78, 5) is 20.7. The van der Waals surface area contributed by atoms with E-state index in [1.165, 1.54) is 0 Å². The van der Waals surface area contributed by atoms with E-state index >= 15 is 0 Å². The maximum atomic E-state index is 10.3. The molecule has 0 fully saturated rings. The van der Waals surface area contributed by atoms with Crippen LogP contribution >= 0.6 is 0 Å². The molecule has 0 aromatic rings. The lowest BCUT2D eigenvalue weighted by molar-refractivity contribution is -0.207. The molecule has 0 aromatic heterocycles. The van der Waals surface area contributed by atoms with Gasteiger partial charge in [0.1, 0.15) is 12.6 Å². The van der Waals surface area contributed by atoms with Gasteiger partial charge in [-0.25, -0.2) is 0 Å². The third kappa shape index (κ3) is 19.8. The predicted molar refractivity (Wildman–Crippen MR) is 118 cm³/mol. The first kappa shape index (κ1) is 27.7. The molecule has 2 unspecified atom stereocenters. The number of carbonyl (C=O) groups excluding carboxylic acids is 2. The van der Waals surface area contributed by atoms with Gasteiger partial charge in [-0.3, -0.25) is 0 Å². The van der Waals surface area contributed by atoms with E-state index in [-0.39, 0.29) is 0 Å². The van der Waals surface area contributed by atoms with E-state index in [2.05, 4.69) is 26.0 Å². The van der Waals surface area contributed by atoms with Crippen LogP contribution in [0.15, 0.2) is 24.3 Å². The van der Waals surface area contributed by atoms with Crippen LogP contribution in [0.25, 0.3) is 0 Å². The van der Waals surface area contributed by atoms with Crippen molar-refractivity contribution < 1.29 is 23.8 Å². The third-order valence-electron chi connectivity index (χ3n) is 4.21. The Hall–Kier alpha value is -1.30. The molecule has 0 saturated carbocycles. The Morgan fingerprint density at radius 1 is 0.621 bits per heavy atom. The molecule has 0 saturated heterocycles. The molecule has 0 aliphatic heterocycles. The van der Waals surface area contributed by atoms with Gasteiger partial charge in [0.15, 0.2) is 12.6 Å². The molecule has 0 heterocycles. The smallest absolute Gasteiger partial charge is 0.180 e. The van der Waals surface area contributed by atoms with Crippen LogP contribution in [-0.2, 0) is 23.8 Å². The van der Waals surface area contributed by atoms with Crippen molar-refractivity contribution in [2.24, 2.45) is 0 Å². The molecule has 168 valence electrons. The van der Waals surface area contributed by atoms with Crippen molar-refractivity contribution in [1.29, 1.82) is 0 Å². The van der Waals surface area contributed by atoms with Crippen molar-refractivity contribution in [2.45, 2.75) is 103 Å². The minimum atomic E-state index is -0.427. The van der Waals surface area contributed by atoms with E-state index in [0.29, 0.717) is 26.1 Å². The number of allylic oxidation sites excluding steroid dienone is 2. The Bertz CT molecular complexity index is 381. The highest BCUT2D eigenvalue weighted by Gasteiger charge is 2.12. The van der Waals surface area contributed by atoms with Gasteiger partial charge in [-0.15, -0.1) is 0 Å². The SMILES string of the molecule is CCCOC(C=CCCCCCC=O)OC(C=CCCCCCC=O)OCCC. The fourth-order valence-corrected chi connectivity index (χ4v) is 2.63. The van der Waals surface area contributed by atoms with Gasteiger partial charge in [0, 0.05) is 26.1 Å². The normalized spacial score (nSPS) is 13.9. The molecule has 29 heavy (non-hydrogen) atoms. The Morgan fingerprint density at radius 3 is 1.41 bits per heavy atom. The van der Waals surface area contributed by atoms with Gasteiger partial charge in [0.2, 0.25) is 0 Å². The van der Waals surface area contributed by atoms with Crippen LogP contribution in [0.1, 0.15) is 90.9 Å². The van der Waals surface area contributed by atoms with Gasteiger partial charge >= 0.3 is 0 Å². The third-order valence-corrected chi connectivity index (χ3v) is 4.21. The molecule has 0 radical (unpaired) electrons. The van der Waals surface area contributed by atoms with Gasteiger partial charge < -0.3 is 23.8 Å². The van der Waals surface area contributed by atoms with E-state index in [1.54, 1.807) is 0 Å². The number of hydrogen-bond donors (Lipinski definition) is 0. The van der Waals surface area contributed by atoms with Crippen LogP contribution in [0.3, 0.4) is 0 Å². The van der Waals surface area contributed by atoms with Crippen LogP contribution in [0, 0.1) is 0 Å². The molecular formula is C24H42O5. The number of rotatable bonds is 22. The van der Waals surface area contributed by atoms with Gasteiger partial charge in [-0.05, 0) is 63.5 Å². The van der Waals surface area contributed by atoms with Crippen molar-refractivity contribution in [3.8, 4) is 0 Å². The van der Waals surface area contributed by atoms with Crippen LogP contribution in [0.5, 0.6) is 0 Å². The van der Waals surface area contributed by atoms with Crippen LogP contribution in [0.2, 0.25) is 0 Å². The lowest BCUT2D eigenvalue weighted by atomic mass is 10.1. The zero-order valence-corrected chi connectivity index (χ0v) is 18.6. The Labute approximate surface area is 177 Å². The van der Waals surface area contributed by atoms with Crippen molar-refractivity contribution >= 4 is 12.6 Å². The summed E-state index contributed by atoms with van der Waals surface area (Å²) in [5, 5.41) is 0. The van der Waals surface area contributed by atoms with Crippen molar-refractivity contribution in [3.63, 3.8) is 0 Å². The average Bonchev–Trinajstić information content (AvgIpc) is 2.73. The van der Waals surface area contributed by atoms with Crippen LogP contribution in [-0.4, -0.2) is 38.4 Å². The van der Waals surface area contributed by atoms with Gasteiger partial charge in [0.25, 0.3) is 0 Å². The zero-order valence-electron chi connectivity index (χ0n) is 18.6. The lowest BCUT2D eigenvalue weighted by Gasteiger charge is -2.21. The summed E-state index contributed by atoms with van der Waals surface area (Å²) in [6.45, 7) is 5.41. The van der Waals surface area contributed by atoms with E-state index < -0.39 is 12.6 Å². The molecule has 0 aliphatic carbocycles. The second kappa shape index (κ2) is 23.0. The fraction of sp³-hybridized carbons (Fsp3) is 0.750. The summed E-state index contributed by atoms with van der Waals surface area (Å²) < 4.78 is 17.7. The number of aldehydes is 2. The molecular weight excluding hydrogens is 368 g/mol. The van der Waals surface area contributed by atoms with Gasteiger partial charge in [0.05, 0.1) is 0 Å². The standard InChI is InChI=1S/C24H42O5/c1-3-21-27-23(17-13-9-5-7-11-15-19-25)29-24(28-22-4-2)18-14-10-6-8-12-16-20-26/h13-14,17-20,23-24H,3-12,15-16,21-22H2,1-2H3. The quantitative estimate of drug-likeness (QED) is 0.0959. The first-order chi connectivity index (χ1) is 14.3. The molecule has 5 nitrogen and oxygen atoms in total. The van der Waals surface area contributed by atoms with Crippen molar-refractivity contribution in [3.05, 3.63) is 24.3 Å². The Morgan fingerprint density at radius 2 is 1.03 bits per heavy atom. The molecule has 5 heteroatoms. The van der Waals surface area contributed by atoms with E-state index in [4.69, 9.17) is 14.2 Å². The topological polar surface area (TPSA) is 61.8 Å². The average molecular weight is 411 g/mol. The molecule has 0 rings (SSSR count). The first-order valence-electron chi connectivity index (χ1n) is 11.4. The fourth-order valence-electron chi connectivity index (χ4n) is 2.63. The maximum absolute atomic E-state index is 10.3. The number of unbranched alkanes of at least 4 members (excludes halogenated alkanes) is 8. The van der Waals surface area contributed by atoms with Gasteiger partial charge in [-0.2, -0.15) is 0 Å². The predicted octanol–water partition coefficient (Wildman–Crippen LogP) is 5.92.